The van der Waals surface area contributed by atoms with Gasteiger partial charge < -0.3 is 15.6 Å². The molecular weight excluding hydrogens is 282 g/mol. The summed E-state index contributed by atoms with van der Waals surface area (Å²) in [7, 11) is 0. The van der Waals surface area contributed by atoms with Crippen LogP contribution in [0.25, 0.3) is 0 Å². The average molecular weight is 302 g/mol. The van der Waals surface area contributed by atoms with E-state index in [0.717, 1.165) is 12.8 Å². The monoisotopic (exact) mass is 301 g/mol. The Kier molecular flexibility index (Phi) is 10.4. The highest BCUT2D eigenvalue weighted by atomic mass is 35.5. The number of aryl methyl sites for hydroxylation is 1. The first-order chi connectivity index (χ1) is 9.47. The first-order valence-electron chi connectivity index (χ1n) is 6.32. The van der Waals surface area contributed by atoms with E-state index in [9.17, 15) is 9.59 Å². The number of hydrogen-bond acceptors (Lipinski definition) is 4. The Morgan fingerprint density at radius 2 is 1.95 bits per heavy atom. The highest BCUT2D eigenvalue weighted by Gasteiger charge is 2.09. The van der Waals surface area contributed by atoms with Crippen molar-refractivity contribution in [3.8, 4) is 0 Å². The van der Waals surface area contributed by atoms with Crippen LogP contribution >= 0.6 is 11.6 Å². The third-order valence-corrected chi connectivity index (χ3v) is 2.51. The number of carboxylic acid groups (broad SMARTS) is 1. The molecular formula is C14H20ClNO4. The summed E-state index contributed by atoms with van der Waals surface area (Å²) in [4.78, 5) is 20.0. The second-order valence-electron chi connectivity index (χ2n) is 3.99. The number of carbonyl (C=O) groups is 2. The summed E-state index contributed by atoms with van der Waals surface area (Å²) in [6, 6.07) is 9.27. The molecule has 112 valence electrons. The maximum atomic E-state index is 10.4. The Hall–Kier alpha value is -1.59. The van der Waals surface area contributed by atoms with E-state index in [1.54, 1.807) is 6.92 Å². The molecule has 0 spiro atoms. The summed E-state index contributed by atoms with van der Waals surface area (Å²) >= 11 is 4.72. The lowest BCUT2D eigenvalue weighted by Crippen LogP contribution is -2.29. The SMILES string of the molecule is CCOC(=O)Cl.NC(CCCc1ccccc1)C(=O)O. The van der Waals surface area contributed by atoms with E-state index in [-0.39, 0.29) is 0 Å². The fourth-order valence-corrected chi connectivity index (χ4v) is 1.52. The summed E-state index contributed by atoms with van der Waals surface area (Å²) in [5.74, 6) is -0.918. The van der Waals surface area contributed by atoms with Crippen LogP contribution in [0, 0.1) is 0 Å². The maximum Gasteiger partial charge on any atom is 0.403 e. The predicted molar refractivity (Wildman–Crippen MR) is 77.9 cm³/mol. The molecule has 5 nitrogen and oxygen atoms in total. The van der Waals surface area contributed by atoms with Gasteiger partial charge in [-0.15, -0.1) is 0 Å². The largest absolute Gasteiger partial charge is 0.480 e. The van der Waals surface area contributed by atoms with Gasteiger partial charge in [0.15, 0.2) is 0 Å². The number of ether oxygens (including phenoxy) is 1. The molecule has 0 saturated heterocycles. The molecule has 0 bridgehead atoms. The summed E-state index contributed by atoms with van der Waals surface area (Å²) in [5, 5.41) is 8.55. The van der Waals surface area contributed by atoms with Crippen molar-refractivity contribution in [1.82, 2.24) is 0 Å². The van der Waals surface area contributed by atoms with E-state index >= 15 is 0 Å². The number of hydrogen-bond donors (Lipinski definition) is 2. The summed E-state index contributed by atoms with van der Waals surface area (Å²) < 4.78 is 4.17. The van der Waals surface area contributed by atoms with Crippen molar-refractivity contribution in [2.75, 3.05) is 6.61 Å². The minimum absolute atomic E-state index is 0.350. The van der Waals surface area contributed by atoms with Gasteiger partial charge in [0.1, 0.15) is 6.04 Å². The number of nitrogens with two attached hydrogens (primary N) is 1. The van der Waals surface area contributed by atoms with E-state index in [2.05, 4.69) is 4.74 Å². The highest BCUT2D eigenvalue weighted by Crippen LogP contribution is 2.05. The molecule has 1 aromatic carbocycles. The van der Waals surface area contributed by atoms with Gasteiger partial charge in [-0.25, -0.2) is 4.79 Å². The number of rotatable bonds is 6. The summed E-state index contributed by atoms with van der Waals surface area (Å²) in [5.41, 5.74) is 5.87. The fraction of sp³-hybridized carbons (Fsp3) is 0.429. The van der Waals surface area contributed by atoms with E-state index < -0.39 is 17.4 Å². The zero-order valence-corrected chi connectivity index (χ0v) is 12.2. The minimum atomic E-state index is -0.918. The molecule has 0 saturated carbocycles. The van der Waals surface area contributed by atoms with Gasteiger partial charge in [-0.1, -0.05) is 30.3 Å². The van der Waals surface area contributed by atoms with Crippen molar-refractivity contribution in [2.24, 2.45) is 5.73 Å². The quantitative estimate of drug-likeness (QED) is 0.789. The van der Waals surface area contributed by atoms with Crippen LogP contribution in [0.1, 0.15) is 25.3 Å². The zero-order chi connectivity index (χ0) is 15.4. The summed E-state index contributed by atoms with van der Waals surface area (Å²) in [6.45, 7) is 2.04. The third-order valence-electron chi connectivity index (χ3n) is 2.40. The average Bonchev–Trinajstić information content (AvgIpc) is 2.40. The van der Waals surface area contributed by atoms with Crippen molar-refractivity contribution in [2.45, 2.75) is 32.2 Å². The number of benzene rings is 1. The normalized spacial score (nSPS) is 10.9. The van der Waals surface area contributed by atoms with Gasteiger partial charge in [0.2, 0.25) is 0 Å². The molecule has 0 amide bonds. The first kappa shape index (κ1) is 18.4. The molecule has 0 aliphatic rings. The molecule has 6 heteroatoms. The minimum Gasteiger partial charge on any atom is -0.480 e. The van der Waals surface area contributed by atoms with Gasteiger partial charge in [-0.3, -0.25) is 4.79 Å². The van der Waals surface area contributed by atoms with Crippen LogP contribution in [-0.2, 0) is 16.0 Å². The molecule has 0 heterocycles. The standard InChI is InChI=1S/C11H15NO2.C3H5ClO2/c12-10(11(13)14)8-4-7-9-5-2-1-3-6-9;1-2-6-3(4)5/h1-3,5-6,10H,4,7-8,12H2,(H,13,14);2H2,1H3. The molecule has 3 N–H and O–H groups in total. The van der Waals surface area contributed by atoms with Crippen LogP contribution in [0.15, 0.2) is 30.3 Å². The van der Waals surface area contributed by atoms with Crippen molar-refractivity contribution in [3.05, 3.63) is 35.9 Å². The van der Waals surface area contributed by atoms with Gasteiger partial charge in [0.05, 0.1) is 6.61 Å². The predicted octanol–water partition coefficient (Wildman–Crippen LogP) is 2.80. The van der Waals surface area contributed by atoms with Crippen LogP contribution in [0.3, 0.4) is 0 Å². The zero-order valence-electron chi connectivity index (χ0n) is 11.4. The van der Waals surface area contributed by atoms with E-state index in [0.29, 0.717) is 13.0 Å². The maximum absolute atomic E-state index is 10.4. The van der Waals surface area contributed by atoms with Gasteiger partial charge >= 0.3 is 11.4 Å². The van der Waals surface area contributed by atoms with Crippen LogP contribution < -0.4 is 5.73 Å². The second kappa shape index (κ2) is 11.3. The molecule has 20 heavy (non-hydrogen) atoms. The lowest BCUT2D eigenvalue weighted by molar-refractivity contribution is -0.138. The van der Waals surface area contributed by atoms with Crippen LogP contribution in [0.2, 0.25) is 0 Å². The Labute approximate surface area is 123 Å². The van der Waals surface area contributed by atoms with Crippen molar-refractivity contribution >= 4 is 23.0 Å². The lowest BCUT2D eigenvalue weighted by Gasteiger charge is -2.05. The first-order valence-corrected chi connectivity index (χ1v) is 6.69. The fourth-order valence-electron chi connectivity index (χ4n) is 1.41. The molecule has 1 rings (SSSR count). The van der Waals surface area contributed by atoms with Gasteiger partial charge in [0, 0.05) is 11.6 Å². The van der Waals surface area contributed by atoms with Crippen molar-refractivity contribution < 1.29 is 19.4 Å². The van der Waals surface area contributed by atoms with Crippen molar-refractivity contribution in [3.63, 3.8) is 0 Å². The number of carboxylic acids is 1. The Morgan fingerprint density at radius 3 is 2.35 bits per heavy atom. The topological polar surface area (TPSA) is 89.6 Å². The van der Waals surface area contributed by atoms with Gasteiger partial charge in [0.25, 0.3) is 0 Å². The molecule has 0 aliphatic heterocycles. The third kappa shape index (κ3) is 10.3. The van der Waals surface area contributed by atoms with E-state index in [1.165, 1.54) is 5.56 Å². The van der Waals surface area contributed by atoms with Crippen LogP contribution in [0.5, 0.6) is 0 Å². The van der Waals surface area contributed by atoms with Gasteiger partial charge in [-0.2, -0.15) is 0 Å². The molecule has 1 aromatic rings. The molecule has 0 fully saturated rings. The van der Waals surface area contributed by atoms with E-state index in [1.807, 2.05) is 30.3 Å². The molecule has 1 atom stereocenters. The number of aliphatic carboxylic acids is 1. The highest BCUT2D eigenvalue weighted by molar-refractivity contribution is 6.61. The second-order valence-corrected chi connectivity index (χ2v) is 4.30. The smallest absolute Gasteiger partial charge is 0.403 e. The van der Waals surface area contributed by atoms with E-state index in [4.69, 9.17) is 22.4 Å². The Bertz CT molecular complexity index is 397. The lowest BCUT2D eigenvalue weighted by atomic mass is 10.1. The Morgan fingerprint density at radius 1 is 1.35 bits per heavy atom. The molecule has 1 unspecified atom stereocenters. The molecule has 0 aliphatic carbocycles. The van der Waals surface area contributed by atoms with Crippen LogP contribution in [-0.4, -0.2) is 29.2 Å². The summed E-state index contributed by atoms with van der Waals surface area (Å²) in [6.07, 6.45) is 2.24. The number of carbonyl (C=O) groups excluding carboxylic acids is 1. The van der Waals surface area contributed by atoms with Crippen molar-refractivity contribution in [1.29, 1.82) is 0 Å². The molecule has 0 radical (unpaired) electrons. The van der Waals surface area contributed by atoms with Gasteiger partial charge in [-0.05, 0) is 31.7 Å². The molecule has 0 aromatic heterocycles. The number of halogens is 1. The van der Waals surface area contributed by atoms with Crippen LogP contribution in [0.4, 0.5) is 4.79 Å². The Balaban J connectivity index is 0.000000511.